The number of amides is 2. The van der Waals surface area contributed by atoms with E-state index in [0.717, 1.165) is 17.7 Å². The molecule has 0 bridgehead atoms. The van der Waals surface area contributed by atoms with Crippen LogP contribution in [0.15, 0.2) is 48.5 Å². The second kappa shape index (κ2) is 7.29. The number of benzene rings is 3. The van der Waals surface area contributed by atoms with Gasteiger partial charge in [0.05, 0.1) is 0 Å². The molecule has 146 valence electrons. The molecule has 0 spiro atoms. The maximum atomic E-state index is 14.6. The molecular formula is C22H15ClF2N2O2. The van der Waals surface area contributed by atoms with Gasteiger partial charge in [0.15, 0.2) is 0 Å². The molecule has 0 unspecified atom stereocenters. The number of nitrogens with one attached hydrogen (secondary N) is 2. The maximum absolute atomic E-state index is 14.6. The first-order valence-electron chi connectivity index (χ1n) is 8.81. The van der Waals surface area contributed by atoms with E-state index in [1.54, 1.807) is 24.3 Å². The first-order chi connectivity index (χ1) is 13.9. The van der Waals surface area contributed by atoms with Crippen molar-refractivity contribution < 1.29 is 18.4 Å². The number of halogens is 3. The van der Waals surface area contributed by atoms with E-state index in [2.05, 4.69) is 10.6 Å². The first kappa shape index (κ1) is 19.1. The van der Waals surface area contributed by atoms with Crippen LogP contribution < -0.4 is 10.6 Å². The van der Waals surface area contributed by atoms with E-state index < -0.39 is 11.6 Å². The van der Waals surface area contributed by atoms with Gasteiger partial charge in [-0.1, -0.05) is 11.6 Å². The van der Waals surface area contributed by atoms with Gasteiger partial charge in [-0.25, -0.2) is 8.78 Å². The van der Waals surface area contributed by atoms with Crippen molar-refractivity contribution in [2.24, 2.45) is 0 Å². The minimum Gasteiger partial charge on any atom is -0.355 e. The van der Waals surface area contributed by atoms with E-state index >= 15 is 0 Å². The van der Waals surface area contributed by atoms with Crippen LogP contribution in [0.2, 0.25) is 5.02 Å². The molecule has 0 saturated heterocycles. The molecule has 29 heavy (non-hydrogen) atoms. The summed E-state index contributed by atoms with van der Waals surface area (Å²) in [6, 6.07) is 11.5. The van der Waals surface area contributed by atoms with Crippen LogP contribution >= 0.6 is 11.6 Å². The predicted octanol–water partition coefficient (Wildman–Crippen LogP) is 4.56. The SMILES string of the molecule is CNC(=O)c1cc(Cl)cc(-c2cc3c(cc2-c2ccc(F)cc2F)C(=O)NC3)c1. The van der Waals surface area contributed by atoms with Crippen molar-refractivity contribution in [2.45, 2.75) is 6.54 Å². The van der Waals surface area contributed by atoms with Gasteiger partial charge < -0.3 is 10.6 Å². The smallest absolute Gasteiger partial charge is 0.251 e. The quantitative estimate of drug-likeness (QED) is 0.662. The summed E-state index contributed by atoms with van der Waals surface area (Å²) in [6.45, 7) is 0.343. The van der Waals surface area contributed by atoms with E-state index in [1.165, 1.54) is 19.2 Å². The zero-order chi connectivity index (χ0) is 20.7. The molecule has 4 nitrogen and oxygen atoms in total. The summed E-state index contributed by atoms with van der Waals surface area (Å²) >= 11 is 6.22. The maximum Gasteiger partial charge on any atom is 0.251 e. The van der Waals surface area contributed by atoms with Gasteiger partial charge in [-0.15, -0.1) is 0 Å². The third-order valence-electron chi connectivity index (χ3n) is 4.85. The Kier molecular flexibility index (Phi) is 4.80. The molecule has 0 radical (unpaired) electrons. The van der Waals surface area contributed by atoms with Crippen LogP contribution in [0, 0.1) is 11.6 Å². The summed E-state index contributed by atoms with van der Waals surface area (Å²) in [7, 11) is 1.51. The molecule has 1 aliphatic rings. The molecule has 0 aliphatic carbocycles. The van der Waals surface area contributed by atoms with Crippen molar-refractivity contribution in [3.63, 3.8) is 0 Å². The Morgan fingerprint density at radius 2 is 1.79 bits per heavy atom. The molecule has 4 rings (SSSR count). The summed E-state index contributed by atoms with van der Waals surface area (Å²) in [5.74, 6) is -2.02. The van der Waals surface area contributed by atoms with E-state index in [0.29, 0.717) is 39.4 Å². The van der Waals surface area contributed by atoms with Crippen molar-refractivity contribution in [3.05, 3.63) is 81.9 Å². The summed E-state index contributed by atoms with van der Waals surface area (Å²) in [5, 5.41) is 5.61. The molecule has 0 aromatic heterocycles. The Morgan fingerprint density at radius 1 is 1.00 bits per heavy atom. The van der Waals surface area contributed by atoms with Gasteiger partial charge in [0.25, 0.3) is 11.8 Å². The third kappa shape index (κ3) is 3.47. The van der Waals surface area contributed by atoms with Gasteiger partial charge in [-0.05, 0) is 64.7 Å². The van der Waals surface area contributed by atoms with E-state index in [4.69, 9.17) is 11.6 Å². The van der Waals surface area contributed by atoms with E-state index in [1.807, 2.05) is 0 Å². The number of carbonyl (C=O) groups excluding carboxylic acids is 2. The zero-order valence-corrected chi connectivity index (χ0v) is 16.0. The highest BCUT2D eigenvalue weighted by molar-refractivity contribution is 6.31. The molecule has 7 heteroatoms. The lowest BCUT2D eigenvalue weighted by Gasteiger charge is -2.15. The summed E-state index contributed by atoms with van der Waals surface area (Å²) in [4.78, 5) is 24.2. The van der Waals surface area contributed by atoms with Crippen LogP contribution in [-0.4, -0.2) is 18.9 Å². The molecule has 1 heterocycles. The number of fused-ring (bicyclic) bond motifs is 1. The fraction of sp³-hybridized carbons (Fsp3) is 0.0909. The lowest BCUT2D eigenvalue weighted by atomic mass is 9.89. The minimum atomic E-state index is -0.752. The van der Waals surface area contributed by atoms with Crippen LogP contribution in [0.1, 0.15) is 26.3 Å². The second-order valence-corrected chi connectivity index (χ2v) is 7.11. The van der Waals surface area contributed by atoms with Crippen LogP contribution in [0.4, 0.5) is 8.78 Å². The fourth-order valence-electron chi connectivity index (χ4n) is 3.46. The highest BCUT2D eigenvalue weighted by Gasteiger charge is 2.24. The molecule has 3 aromatic carbocycles. The van der Waals surface area contributed by atoms with Crippen molar-refractivity contribution in [3.8, 4) is 22.3 Å². The molecule has 1 aliphatic heterocycles. The van der Waals surface area contributed by atoms with Crippen LogP contribution in [0.5, 0.6) is 0 Å². The zero-order valence-electron chi connectivity index (χ0n) is 15.3. The third-order valence-corrected chi connectivity index (χ3v) is 5.06. The standard InChI is InChI=1S/C22H15ClF2N2O2/c1-26-21(28)12-4-11(5-14(23)6-12)17-7-13-10-27-22(29)18(13)9-19(17)16-3-2-15(24)8-20(16)25/h2-9H,10H2,1H3,(H,26,28)(H,27,29). The highest BCUT2D eigenvalue weighted by Crippen LogP contribution is 2.38. The molecular weight excluding hydrogens is 398 g/mol. The van der Waals surface area contributed by atoms with E-state index in [-0.39, 0.29) is 17.4 Å². The van der Waals surface area contributed by atoms with Crippen molar-refractivity contribution in [1.82, 2.24) is 10.6 Å². The summed E-state index contributed by atoms with van der Waals surface area (Å²) in [5.41, 5.74) is 3.23. The van der Waals surface area contributed by atoms with Crippen LogP contribution in [0.3, 0.4) is 0 Å². The Bertz CT molecular complexity index is 1180. The van der Waals surface area contributed by atoms with Crippen molar-refractivity contribution in [2.75, 3.05) is 7.05 Å². The Morgan fingerprint density at radius 3 is 2.52 bits per heavy atom. The summed E-state index contributed by atoms with van der Waals surface area (Å²) < 4.78 is 28.0. The minimum absolute atomic E-state index is 0.144. The predicted molar refractivity (Wildman–Crippen MR) is 107 cm³/mol. The molecule has 3 aromatic rings. The summed E-state index contributed by atoms with van der Waals surface area (Å²) in [6.07, 6.45) is 0. The molecule has 2 N–H and O–H groups in total. The van der Waals surface area contributed by atoms with Crippen molar-refractivity contribution >= 4 is 23.4 Å². The molecule has 0 saturated carbocycles. The number of rotatable bonds is 3. The average Bonchev–Trinajstić information content (AvgIpc) is 3.06. The lowest BCUT2D eigenvalue weighted by Crippen LogP contribution is -2.17. The largest absolute Gasteiger partial charge is 0.355 e. The van der Waals surface area contributed by atoms with Gasteiger partial charge in [0, 0.05) is 41.4 Å². The normalized spacial score (nSPS) is 12.5. The van der Waals surface area contributed by atoms with Gasteiger partial charge in [-0.3, -0.25) is 9.59 Å². The fourth-order valence-corrected chi connectivity index (χ4v) is 3.70. The van der Waals surface area contributed by atoms with Gasteiger partial charge >= 0.3 is 0 Å². The number of hydrogen-bond donors (Lipinski definition) is 2. The molecule has 0 atom stereocenters. The topological polar surface area (TPSA) is 58.2 Å². The van der Waals surface area contributed by atoms with Crippen LogP contribution in [-0.2, 0) is 6.54 Å². The Labute approximate surface area is 170 Å². The Hall–Kier alpha value is -3.25. The van der Waals surface area contributed by atoms with E-state index in [9.17, 15) is 18.4 Å². The number of carbonyl (C=O) groups is 2. The average molecular weight is 413 g/mol. The van der Waals surface area contributed by atoms with Gasteiger partial charge in [0.1, 0.15) is 11.6 Å². The monoisotopic (exact) mass is 412 g/mol. The lowest BCUT2D eigenvalue weighted by molar-refractivity contribution is 0.0956. The van der Waals surface area contributed by atoms with Crippen molar-refractivity contribution in [1.29, 1.82) is 0 Å². The Balaban J connectivity index is 2.00. The van der Waals surface area contributed by atoms with Gasteiger partial charge in [0.2, 0.25) is 0 Å². The number of hydrogen-bond acceptors (Lipinski definition) is 2. The highest BCUT2D eigenvalue weighted by atomic mass is 35.5. The van der Waals surface area contributed by atoms with Gasteiger partial charge in [-0.2, -0.15) is 0 Å². The second-order valence-electron chi connectivity index (χ2n) is 6.67. The van der Waals surface area contributed by atoms with Crippen LogP contribution in [0.25, 0.3) is 22.3 Å². The molecule has 0 fully saturated rings. The first-order valence-corrected chi connectivity index (χ1v) is 9.19. The molecule has 2 amide bonds.